The first-order chi connectivity index (χ1) is 7.57. The van der Waals surface area contributed by atoms with Crippen molar-refractivity contribution in [2.45, 2.75) is 12.8 Å². The molecule has 5 heteroatoms. The van der Waals surface area contributed by atoms with E-state index >= 15 is 0 Å². The topological polar surface area (TPSA) is 29.5 Å². The van der Waals surface area contributed by atoms with E-state index in [2.05, 4.69) is 26.9 Å². The molecular formula is C11H14BrNO2S. The second-order valence-electron chi connectivity index (χ2n) is 4.21. The summed E-state index contributed by atoms with van der Waals surface area (Å²) in [7, 11) is 3.48. The number of thiophene rings is 1. The molecule has 0 N–H and O–H groups in total. The molecule has 0 unspecified atom stereocenters. The first-order valence-corrected chi connectivity index (χ1v) is 6.73. The van der Waals surface area contributed by atoms with Crippen LogP contribution in [0.2, 0.25) is 0 Å². The normalized spacial score (nSPS) is 16.9. The molecule has 3 nitrogen and oxygen atoms in total. The number of halogens is 1. The SMILES string of the molecule is COC(=O)C1(CN(C)c2ccc(Br)s2)CC1. The second-order valence-corrected chi connectivity index (χ2v) is 6.65. The number of hydrogen-bond acceptors (Lipinski definition) is 4. The molecule has 1 fully saturated rings. The fourth-order valence-corrected chi connectivity index (χ4v) is 3.16. The van der Waals surface area contributed by atoms with Gasteiger partial charge in [-0.05, 0) is 40.9 Å². The lowest BCUT2D eigenvalue weighted by molar-refractivity contribution is -0.146. The molecular weight excluding hydrogens is 290 g/mol. The van der Waals surface area contributed by atoms with Crippen molar-refractivity contribution in [1.29, 1.82) is 0 Å². The molecule has 16 heavy (non-hydrogen) atoms. The van der Waals surface area contributed by atoms with E-state index in [4.69, 9.17) is 4.74 Å². The van der Waals surface area contributed by atoms with E-state index in [1.807, 2.05) is 13.1 Å². The molecule has 1 aromatic rings. The van der Waals surface area contributed by atoms with E-state index in [1.165, 1.54) is 12.1 Å². The lowest BCUT2D eigenvalue weighted by atomic mass is 10.1. The van der Waals surface area contributed by atoms with Crippen LogP contribution in [0.4, 0.5) is 5.00 Å². The van der Waals surface area contributed by atoms with Crippen LogP contribution in [0.5, 0.6) is 0 Å². The minimum absolute atomic E-state index is 0.0741. The number of nitrogens with zero attached hydrogens (tertiary/aromatic N) is 1. The van der Waals surface area contributed by atoms with Crippen LogP contribution in [0.25, 0.3) is 0 Å². The summed E-state index contributed by atoms with van der Waals surface area (Å²) >= 11 is 5.11. The predicted molar refractivity (Wildman–Crippen MR) is 69.0 cm³/mol. The lowest BCUT2D eigenvalue weighted by Gasteiger charge is -2.22. The number of anilines is 1. The van der Waals surface area contributed by atoms with Crippen molar-refractivity contribution in [2.75, 3.05) is 25.6 Å². The third-order valence-corrected chi connectivity index (χ3v) is 4.68. The Kier molecular flexibility index (Phi) is 3.26. The molecule has 0 spiro atoms. The van der Waals surface area contributed by atoms with Crippen molar-refractivity contribution in [1.82, 2.24) is 0 Å². The van der Waals surface area contributed by atoms with E-state index < -0.39 is 0 Å². The molecule has 1 aliphatic rings. The Labute approximate surface area is 108 Å². The highest BCUT2D eigenvalue weighted by Crippen LogP contribution is 2.48. The quantitative estimate of drug-likeness (QED) is 0.801. The Morgan fingerprint density at radius 3 is 2.75 bits per heavy atom. The summed E-state index contributed by atoms with van der Waals surface area (Å²) in [5.74, 6) is -0.0741. The van der Waals surface area contributed by atoms with Gasteiger partial charge in [0.25, 0.3) is 0 Å². The summed E-state index contributed by atoms with van der Waals surface area (Å²) < 4.78 is 5.96. The highest BCUT2D eigenvalue weighted by molar-refractivity contribution is 9.11. The Morgan fingerprint density at radius 1 is 1.62 bits per heavy atom. The minimum atomic E-state index is -0.250. The van der Waals surface area contributed by atoms with Gasteiger partial charge in [-0.15, -0.1) is 11.3 Å². The monoisotopic (exact) mass is 303 g/mol. The minimum Gasteiger partial charge on any atom is -0.469 e. The molecule has 2 rings (SSSR count). The number of hydrogen-bond donors (Lipinski definition) is 0. The van der Waals surface area contributed by atoms with Crippen molar-refractivity contribution in [2.24, 2.45) is 5.41 Å². The van der Waals surface area contributed by atoms with Crippen LogP contribution >= 0.6 is 27.3 Å². The van der Waals surface area contributed by atoms with Crippen LogP contribution in [-0.2, 0) is 9.53 Å². The fraction of sp³-hybridized carbons (Fsp3) is 0.545. The summed E-state index contributed by atoms with van der Waals surface area (Å²) in [6.45, 7) is 0.743. The number of rotatable bonds is 4. The van der Waals surface area contributed by atoms with Crippen molar-refractivity contribution in [3.8, 4) is 0 Å². The van der Waals surface area contributed by atoms with Crippen molar-refractivity contribution < 1.29 is 9.53 Å². The first kappa shape index (κ1) is 11.9. The molecule has 0 saturated heterocycles. The van der Waals surface area contributed by atoms with Crippen molar-refractivity contribution >= 4 is 38.2 Å². The zero-order valence-electron chi connectivity index (χ0n) is 9.33. The summed E-state index contributed by atoms with van der Waals surface area (Å²) in [5, 5.41) is 1.17. The van der Waals surface area contributed by atoms with Gasteiger partial charge < -0.3 is 9.64 Å². The number of methoxy groups -OCH3 is 1. The van der Waals surface area contributed by atoms with Gasteiger partial charge in [-0.3, -0.25) is 4.79 Å². The first-order valence-electron chi connectivity index (χ1n) is 5.12. The van der Waals surface area contributed by atoms with Gasteiger partial charge in [-0.25, -0.2) is 0 Å². The highest BCUT2D eigenvalue weighted by Gasteiger charge is 2.51. The van der Waals surface area contributed by atoms with Crippen LogP contribution in [0.15, 0.2) is 15.9 Å². The smallest absolute Gasteiger partial charge is 0.313 e. The summed E-state index contributed by atoms with van der Waals surface area (Å²) in [6.07, 6.45) is 1.88. The standard InChI is InChI=1S/C11H14BrNO2S/c1-13(9-4-3-8(12)16-9)7-11(5-6-11)10(14)15-2/h3-4H,5-7H2,1-2H3. The number of carbonyl (C=O) groups is 1. The Bertz CT molecular complexity index is 400. The average molecular weight is 304 g/mol. The van der Waals surface area contributed by atoms with E-state index in [-0.39, 0.29) is 11.4 Å². The van der Waals surface area contributed by atoms with Gasteiger partial charge in [0.15, 0.2) is 0 Å². The summed E-state index contributed by atoms with van der Waals surface area (Å²) in [6, 6.07) is 4.08. The van der Waals surface area contributed by atoms with Crippen molar-refractivity contribution in [3.63, 3.8) is 0 Å². The Balaban J connectivity index is 2.02. The van der Waals surface area contributed by atoms with E-state index in [9.17, 15) is 4.79 Å². The van der Waals surface area contributed by atoms with Crippen LogP contribution in [0.3, 0.4) is 0 Å². The average Bonchev–Trinajstić information content (AvgIpc) is 2.91. The maximum Gasteiger partial charge on any atom is 0.313 e. The molecule has 0 amide bonds. The molecule has 1 saturated carbocycles. The molecule has 1 aromatic heterocycles. The fourth-order valence-electron chi connectivity index (χ4n) is 1.84. The number of carbonyl (C=O) groups excluding carboxylic acids is 1. The van der Waals surface area contributed by atoms with Gasteiger partial charge in [0, 0.05) is 13.6 Å². The number of esters is 1. The molecule has 0 radical (unpaired) electrons. The summed E-state index contributed by atoms with van der Waals surface area (Å²) in [4.78, 5) is 13.7. The molecule has 0 atom stereocenters. The molecule has 1 aliphatic carbocycles. The lowest BCUT2D eigenvalue weighted by Crippen LogP contribution is -2.32. The highest BCUT2D eigenvalue weighted by atomic mass is 79.9. The van der Waals surface area contributed by atoms with Gasteiger partial charge in [0.1, 0.15) is 0 Å². The van der Waals surface area contributed by atoms with E-state index in [1.54, 1.807) is 11.3 Å². The largest absolute Gasteiger partial charge is 0.469 e. The van der Waals surface area contributed by atoms with Gasteiger partial charge in [0.05, 0.1) is 21.3 Å². The second kappa shape index (κ2) is 4.37. The number of ether oxygens (including phenoxy) is 1. The van der Waals surface area contributed by atoms with Gasteiger partial charge in [0.2, 0.25) is 0 Å². The molecule has 0 aliphatic heterocycles. The predicted octanol–water partition coefficient (Wildman–Crippen LogP) is 2.90. The zero-order chi connectivity index (χ0) is 11.8. The zero-order valence-corrected chi connectivity index (χ0v) is 11.7. The van der Waals surface area contributed by atoms with Crippen LogP contribution in [-0.4, -0.2) is 26.7 Å². The van der Waals surface area contributed by atoms with Gasteiger partial charge in [-0.2, -0.15) is 0 Å². The third-order valence-electron chi connectivity index (χ3n) is 2.95. The third kappa shape index (κ3) is 2.25. The van der Waals surface area contributed by atoms with Crippen molar-refractivity contribution in [3.05, 3.63) is 15.9 Å². The van der Waals surface area contributed by atoms with Gasteiger partial charge >= 0.3 is 5.97 Å². The van der Waals surface area contributed by atoms with Crippen LogP contribution in [0, 0.1) is 5.41 Å². The maximum absolute atomic E-state index is 11.6. The molecule has 1 heterocycles. The maximum atomic E-state index is 11.6. The van der Waals surface area contributed by atoms with Crippen LogP contribution < -0.4 is 4.90 Å². The molecule has 0 aromatic carbocycles. The van der Waals surface area contributed by atoms with Crippen LogP contribution in [0.1, 0.15) is 12.8 Å². The molecule has 88 valence electrons. The Hall–Kier alpha value is -0.550. The van der Waals surface area contributed by atoms with E-state index in [0.717, 1.165) is 23.2 Å². The Morgan fingerprint density at radius 2 is 2.31 bits per heavy atom. The van der Waals surface area contributed by atoms with E-state index in [0.29, 0.717) is 0 Å². The summed E-state index contributed by atoms with van der Waals surface area (Å²) in [5.41, 5.74) is -0.250. The van der Waals surface area contributed by atoms with Gasteiger partial charge in [-0.1, -0.05) is 0 Å². The molecule has 0 bridgehead atoms.